The fraction of sp³-hybridized carbons (Fsp3) is 0.400. The number of pyridine rings is 1. The molecular formula is C10H12Cl2N2O2. The lowest BCUT2D eigenvalue weighted by molar-refractivity contribution is 0.0732. The van der Waals surface area contributed by atoms with Crippen LogP contribution in [0.4, 0.5) is 0 Å². The van der Waals surface area contributed by atoms with Gasteiger partial charge < -0.3 is 10.0 Å². The van der Waals surface area contributed by atoms with Crippen LogP contribution in [0, 0.1) is 0 Å². The molecule has 1 N–H and O–H groups in total. The van der Waals surface area contributed by atoms with Crippen molar-refractivity contribution in [3.63, 3.8) is 0 Å². The largest absolute Gasteiger partial charge is 0.395 e. The molecular weight excluding hydrogens is 251 g/mol. The second-order valence-corrected chi connectivity index (χ2v) is 3.88. The molecule has 0 saturated heterocycles. The number of rotatable bonds is 4. The lowest BCUT2D eigenvalue weighted by Crippen LogP contribution is -2.33. The summed E-state index contributed by atoms with van der Waals surface area (Å²) in [6, 6.07) is 2.91. The molecule has 0 aliphatic rings. The predicted molar refractivity (Wildman–Crippen MR) is 62.9 cm³/mol. The number of aliphatic hydroxyl groups excluding tert-OH is 1. The quantitative estimate of drug-likeness (QED) is 0.843. The van der Waals surface area contributed by atoms with Gasteiger partial charge in [0, 0.05) is 18.7 Å². The Hall–Kier alpha value is -0.840. The number of carbonyl (C=O) groups excluding carboxylic acids is 1. The molecule has 0 atom stereocenters. The Bertz CT molecular complexity index is 365. The number of hydrogen-bond acceptors (Lipinski definition) is 3. The van der Waals surface area contributed by atoms with Gasteiger partial charge in [0.15, 0.2) is 0 Å². The van der Waals surface area contributed by atoms with Gasteiger partial charge >= 0.3 is 0 Å². The van der Waals surface area contributed by atoms with Gasteiger partial charge in [-0.25, -0.2) is 4.98 Å². The molecule has 6 heteroatoms. The molecule has 0 saturated carbocycles. The molecule has 0 spiro atoms. The minimum absolute atomic E-state index is 0.0773. The molecule has 0 radical (unpaired) electrons. The van der Waals surface area contributed by atoms with Crippen molar-refractivity contribution in [1.29, 1.82) is 0 Å². The molecule has 0 unspecified atom stereocenters. The van der Waals surface area contributed by atoms with Crippen LogP contribution in [-0.4, -0.2) is 40.6 Å². The van der Waals surface area contributed by atoms with E-state index in [1.165, 1.54) is 17.0 Å². The molecule has 4 nitrogen and oxygen atoms in total. The first kappa shape index (κ1) is 13.2. The minimum Gasteiger partial charge on any atom is -0.395 e. The average molecular weight is 263 g/mol. The van der Waals surface area contributed by atoms with Crippen LogP contribution in [0.5, 0.6) is 0 Å². The lowest BCUT2D eigenvalue weighted by atomic mass is 10.2. The number of amides is 1. The van der Waals surface area contributed by atoms with Gasteiger partial charge in [0.25, 0.3) is 5.91 Å². The van der Waals surface area contributed by atoms with Gasteiger partial charge in [0.2, 0.25) is 0 Å². The van der Waals surface area contributed by atoms with Gasteiger partial charge in [-0.1, -0.05) is 23.2 Å². The van der Waals surface area contributed by atoms with Gasteiger partial charge in [-0.05, 0) is 19.1 Å². The first-order valence-electron chi connectivity index (χ1n) is 4.81. The molecule has 88 valence electrons. The summed E-state index contributed by atoms with van der Waals surface area (Å²) in [5.41, 5.74) is 0.375. The Morgan fingerprint density at radius 2 is 2.00 bits per heavy atom. The summed E-state index contributed by atoms with van der Waals surface area (Å²) >= 11 is 11.4. The van der Waals surface area contributed by atoms with Crippen molar-refractivity contribution in [3.05, 3.63) is 28.0 Å². The Labute approximate surface area is 104 Å². The minimum atomic E-state index is -0.220. The maximum absolute atomic E-state index is 11.9. The normalized spacial score (nSPS) is 10.2. The molecule has 0 aliphatic heterocycles. The highest BCUT2D eigenvalue weighted by Gasteiger charge is 2.15. The van der Waals surface area contributed by atoms with Gasteiger partial charge in [-0.15, -0.1) is 0 Å². The highest BCUT2D eigenvalue weighted by molar-refractivity contribution is 6.33. The van der Waals surface area contributed by atoms with E-state index in [1.807, 2.05) is 6.92 Å². The highest BCUT2D eigenvalue weighted by Crippen LogP contribution is 2.16. The monoisotopic (exact) mass is 262 g/mol. The van der Waals surface area contributed by atoms with Crippen LogP contribution in [-0.2, 0) is 0 Å². The average Bonchev–Trinajstić information content (AvgIpc) is 2.23. The smallest absolute Gasteiger partial charge is 0.254 e. The number of likely N-dealkylation sites (N-methyl/N-ethyl adjacent to an activating group) is 1. The summed E-state index contributed by atoms with van der Waals surface area (Å²) in [4.78, 5) is 17.2. The van der Waals surface area contributed by atoms with Crippen molar-refractivity contribution in [1.82, 2.24) is 9.88 Å². The zero-order valence-electron chi connectivity index (χ0n) is 8.78. The molecule has 0 fully saturated rings. The molecule has 0 bridgehead atoms. The number of hydrogen-bond donors (Lipinski definition) is 1. The summed E-state index contributed by atoms with van der Waals surface area (Å²) in [7, 11) is 0. The fourth-order valence-corrected chi connectivity index (χ4v) is 1.76. The van der Waals surface area contributed by atoms with Gasteiger partial charge in [0.05, 0.1) is 6.61 Å². The number of halogens is 2. The fourth-order valence-electron chi connectivity index (χ4n) is 1.29. The number of aliphatic hydroxyl groups is 1. The summed E-state index contributed by atoms with van der Waals surface area (Å²) < 4.78 is 0. The third kappa shape index (κ3) is 3.33. The molecule has 1 rings (SSSR count). The second kappa shape index (κ2) is 6.03. The van der Waals surface area contributed by atoms with E-state index in [0.29, 0.717) is 12.1 Å². The highest BCUT2D eigenvalue weighted by atomic mass is 35.5. The Morgan fingerprint density at radius 3 is 2.44 bits per heavy atom. The summed E-state index contributed by atoms with van der Waals surface area (Å²) in [6.45, 7) is 2.55. The first-order chi connectivity index (χ1) is 7.58. The van der Waals surface area contributed by atoms with Crippen LogP contribution in [0.15, 0.2) is 12.1 Å². The lowest BCUT2D eigenvalue weighted by Gasteiger charge is -2.19. The standard InChI is InChI=1S/C10H12Cl2N2O2/c1-2-14(3-4-15)10(16)7-5-8(11)13-9(12)6-7/h5-6,15H,2-4H2,1H3. The molecule has 1 heterocycles. The maximum atomic E-state index is 11.9. The zero-order valence-corrected chi connectivity index (χ0v) is 10.3. The Morgan fingerprint density at radius 1 is 1.44 bits per heavy atom. The van der Waals surface area contributed by atoms with Gasteiger partial charge in [-0.2, -0.15) is 0 Å². The SMILES string of the molecule is CCN(CCO)C(=O)c1cc(Cl)nc(Cl)c1. The summed E-state index contributed by atoms with van der Waals surface area (Å²) in [6.07, 6.45) is 0. The third-order valence-electron chi connectivity index (χ3n) is 2.05. The van der Waals surface area contributed by atoms with Crippen LogP contribution >= 0.6 is 23.2 Å². The van der Waals surface area contributed by atoms with Crippen LogP contribution in [0.25, 0.3) is 0 Å². The van der Waals surface area contributed by atoms with Crippen molar-refractivity contribution in [3.8, 4) is 0 Å². The van der Waals surface area contributed by atoms with E-state index in [1.54, 1.807) is 0 Å². The van der Waals surface area contributed by atoms with E-state index in [2.05, 4.69) is 4.98 Å². The van der Waals surface area contributed by atoms with Crippen molar-refractivity contribution in [2.75, 3.05) is 19.7 Å². The van der Waals surface area contributed by atoms with E-state index in [0.717, 1.165) is 0 Å². The van der Waals surface area contributed by atoms with Crippen molar-refractivity contribution < 1.29 is 9.90 Å². The molecule has 1 aromatic rings. The Balaban J connectivity index is 2.94. The van der Waals surface area contributed by atoms with E-state index in [9.17, 15) is 4.79 Å². The topological polar surface area (TPSA) is 53.4 Å². The molecule has 1 aromatic heterocycles. The summed E-state index contributed by atoms with van der Waals surface area (Å²) in [5.74, 6) is -0.220. The van der Waals surface area contributed by atoms with E-state index < -0.39 is 0 Å². The van der Waals surface area contributed by atoms with Gasteiger partial charge in [0.1, 0.15) is 10.3 Å². The van der Waals surface area contributed by atoms with Crippen molar-refractivity contribution in [2.24, 2.45) is 0 Å². The van der Waals surface area contributed by atoms with Crippen molar-refractivity contribution in [2.45, 2.75) is 6.92 Å². The number of carbonyl (C=O) groups is 1. The Kier molecular flexibility index (Phi) is 4.99. The van der Waals surface area contributed by atoms with E-state index >= 15 is 0 Å². The maximum Gasteiger partial charge on any atom is 0.254 e. The number of nitrogens with zero attached hydrogens (tertiary/aromatic N) is 2. The molecule has 16 heavy (non-hydrogen) atoms. The summed E-state index contributed by atoms with van der Waals surface area (Å²) in [5, 5.41) is 9.17. The van der Waals surface area contributed by atoms with Gasteiger partial charge in [-0.3, -0.25) is 4.79 Å². The molecule has 0 aliphatic carbocycles. The number of aromatic nitrogens is 1. The zero-order chi connectivity index (χ0) is 12.1. The van der Waals surface area contributed by atoms with E-state index in [4.69, 9.17) is 28.3 Å². The van der Waals surface area contributed by atoms with Crippen molar-refractivity contribution >= 4 is 29.1 Å². The van der Waals surface area contributed by atoms with E-state index in [-0.39, 0.29) is 29.4 Å². The van der Waals surface area contributed by atoms with Crippen LogP contribution in [0.1, 0.15) is 17.3 Å². The molecule has 0 aromatic carbocycles. The predicted octanol–water partition coefficient (Wildman–Crippen LogP) is 1.84. The van der Waals surface area contributed by atoms with Crippen LogP contribution in [0.3, 0.4) is 0 Å². The first-order valence-corrected chi connectivity index (χ1v) is 5.57. The van der Waals surface area contributed by atoms with Crippen LogP contribution in [0.2, 0.25) is 10.3 Å². The second-order valence-electron chi connectivity index (χ2n) is 3.11. The van der Waals surface area contributed by atoms with Crippen LogP contribution < -0.4 is 0 Å². The third-order valence-corrected chi connectivity index (χ3v) is 2.44. The molecule has 1 amide bonds.